The Hall–Kier alpha value is -1.03. The second-order valence-corrected chi connectivity index (χ2v) is 4.83. The van der Waals surface area contributed by atoms with Crippen LogP contribution < -0.4 is 9.47 Å². The van der Waals surface area contributed by atoms with Gasteiger partial charge in [-0.1, -0.05) is 15.9 Å². The Labute approximate surface area is 103 Å². The van der Waals surface area contributed by atoms with E-state index in [9.17, 15) is 4.79 Å². The molecule has 0 aliphatic heterocycles. The lowest BCUT2D eigenvalue weighted by molar-refractivity contribution is 0.0980. The minimum absolute atomic E-state index is 0.0863. The van der Waals surface area contributed by atoms with Gasteiger partial charge in [-0.2, -0.15) is 0 Å². The minimum Gasteiger partial charge on any atom is -0.497 e. The van der Waals surface area contributed by atoms with Crippen molar-refractivity contribution in [3.8, 4) is 11.5 Å². The Bertz CT molecular complexity index is 429. The summed E-state index contributed by atoms with van der Waals surface area (Å²) < 4.78 is 10.4. The number of ketones is 1. The van der Waals surface area contributed by atoms with Crippen LogP contribution >= 0.6 is 15.9 Å². The summed E-state index contributed by atoms with van der Waals surface area (Å²) in [7, 11) is 3.19. The maximum Gasteiger partial charge on any atom is 0.177 e. The van der Waals surface area contributed by atoms with E-state index in [1.165, 1.54) is 0 Å². The predicted molar refractivity (Wildman–Crippen MR) is 64.9 cm³/mol. The minimum atomic E-state index is -0.0863. The first kappa shape index (κ1) is 11.5. The average molecular weight is 285 g/mol. The molecule has 1 aliphatic rings. The van der Waals surface area contributed by atoms with Crippen molar-refractivity contribution in [3.63, 3.8) is 0 Å². The number of halogens is 1. The van der Waals surface area contributed by atoms with E-state index in [0.717, 1.165) is 24.2 Å². The molecule has 0 bridgehead atoms. The fourth-order valence-corrected chi connectivity index (χ4v) is 2.44. The van der Waals surface area contributed by atoms with E-state index in [-0.39, 0.29) is 10.6 Å². The molecule has 0 heterocycles. The van der Waals surface area contributed by atoms with Gasteiger partial charge in [0, 0.05) is 17.2 Å². The lowest BCUT2D eigenvalue weighted by Crippen LogP contribution is -2.23. The summed E-state index contributed by atoms with van der Waals surface area (Å²) in [6.07, 6.45) is 1.67. The second-order valence-electron chi connectivity index (χ2n) is 3.73. The Balaban J connectivity index is 2.57. The molecule has 0 saturated heterocycles. The zero-order chi connectivity index (χ0) is 11.7. The lowest BCUT2D eigenvalue weighted by atomic mass is 9.89. The maximum absolute atomic E-state index is 12.0. The number of carbonyl (C=O) groups excluding carboxylic acids is 1. The number of rotatable bonds is 2. The van der Waals surface area contributed by atoms with E-state index in [1.807, 2.05) is 6.07 Å². The second kappa shape index (κ2) is 4.45. The van der Waals surface area contributed by atoms with Gasteiger partial charge in [0.2, 0.25) is 0 Å². The summed E-state index contributed by atoms with van der Waals surface area (Å²) in [6.45, 7) is 0. The molecule has 0 spiro atoms. The highest BCUT2D eigenvalue weighted by atomic mass is 79.9. The Morgan fingerprint density at radius 1 is 1.31 bits per heavy atom. The number of fused-ring (bicyclic) bond motifs is 1. The van der Waals surface area contributed by atoms with Crippen molar-refractivity contribution in [2.24, 2.45) is 0 Å². The zero-order valence-corrected chi connectivity index (χ0v) is 10.8. The molecule has 1 atom stereocenters. The van der Waals surface area contributed by atoms with Crippen molar-refractivity contribution >= 4 is 21.7 Å². The largest absolute Gasteiger partial charge is 0.497 e. The summed E-state index contributed by atoms with van der Waals surface area (Å²) in [5, 5.41) is 0. The third kappa shape index (κ3) is 1.82. The summed E-state index contributed by atoms with van der Waals surface area (Å²) >= 11 is 3.39. The molecule has 0 saturated carbocycles. The molecule has 16 heavy (non-hydrogen) atoms. The van der Waals surface area contributed by atoms with Crippen LogP contribution in [0, 0.1) is 0 Å². The van der Waals surface area contributed by atoms with Gasteiger partial charge in [-0.25, -0.2) is 0 Å². The molecule has 1 aromatic rings. The van der Waals surface area contributed by atoms with Crippen molar-refractivity contribution < 1.29 is 14.3 Å². The molecule has 0 amide bonds. The first-order valence-electron chi connectivity index (χ1n) is 5.10. The quantitative estimate of drug-likeness (QED) is 0.783. The van der Waals surface area contributed by atoms with Crippen LogP contribution in [0.2, 0.25) is 0 Å². The van der Waals surface area contributed by atoms with Crippen LogP contribution in [0.25, 0.3) is 0 Å². The number of methoxy groups -OCH3 is 2. The Morgan fingerprint density at radius 2 is 2.06 bits per heavy atom. The van der Waals surface area contributed by atoms with Gasteiger partial charge in [0.1, 0.15) is 11.5 Å². The van der Waals surface area contributed by atoms with Gasteiger partial charge >= 0.3 is 0 Å². The van der Waals surface area contributed by atoms with Gasteiger partial charge in [0.15, 0.2) is 5.78 Å². The molecule has 0 aromatic heterocycles. The predicted octanol–water partition coefficient (Wildman–Crippen LogP) is 2.60. The number of hydrogen-bond donors (Lipinski definition) is 0. The molecule has 1 aliphatic carbocycles. The van der Waals surface area contributed by atoms with Crippen LogP contribution in [-0.4, -0.2) is 24.8 Å². The van der Waals surface area contributed by atoms with Crippen LogP contribution in [0.15, 0.2) is 12.1 Å². The van der Waals surface area contributed by atoms with Crippen LogP contribution in [0.3, 0.4) is 0 Å². The molecule has 0 radical (unpaired) electrons. The van der Waals surface area contributed by atoms with E-state index in [2.05, 4.69) is 15.9 Å². The third-order valence-corrected chi connectivity index (χ3v) is 3.71. The van der Waals surface area contributed by atoms with Gasteiger partial charge in [0.05, 0.1) is 19.0 Å². The van der Waals surface area contributed by atoms with Crippen LogP contribution in [-0.2, 0) is 6.42 Å². The van der Waals surface area contributed by atoms with Crippen molar-refractivity contribution in [2.75, 3.05) is 14.2 Å². The van der Waals surface area contributed by atoms with Gasteiger partial charge < -0.3 is 9.47 Å². The monoisotopic (exact) mass is 284 g/mol. The number of hydrogen-bond acceptors (Lipinski definition) is 3. The molecular formula is C12H13BrO3. The van der Waals surface area contributed by atoms with E-state index in [1.54, 1.807) is 20.3 Å². The maximum atomic E-state index is 12.0. The highest BCUT2D eigenvalue weighted by Gasteiger charge is 2.28. The molecule has 1 aromatic carbocycles. The molecule has 3 nitrogen and oxygen atoms in total. The van der Waals surface area contributed by atoms with Gasteiger partial charge in [0.25, 0.3) is 0 Å². The summed E-state index contributed by atoms with van der Waals surface area (Å²) in [5.41, 5.74) is 1.70. The average Bonchev–Trinajstić information content (AvgIpc) is 2.32. The topological polar surface area (TPSA) is 35.5 Å². The highest BCUT2D eigenvalue weighted by molar-refractivity contribution is 9.10. The Kier molecular flexibility index (Phi) is 3.19. The van der Waals surface area contributed by atoms with Gasteiger partial charge in [-0.3, -0.25) is 4.79 Å². The Morgan fingerprint density at radius 3 is 2.69 bits per heavy atom. The SMILES string of the molecule is COc1cc(OC)c2c(c1)C(=O)C(Br)CC2. The molecule has 2 rings (SSSR count). The first-order chi connectivity index (χ1) is 7.67. The van der Waals surface area contributed by atoms with Crippen molar-refractivity contribution in [1.29, 1.82) is 0 Å². The van der Waals surface area contributed by atoms with E-state index in [4.69, 9.17) is 9.47 Å². The molecule has 4 heteroatoms. The molecule has 1 unspecified atom stereocenters. The fraction of sp³-hybridized carbons (Fsp3) is 0.417. The number of ether oxygens (including phenoxy) is 2. The van der Waals surface area contributed by atoms with Crippen molar-refractivity contribution in [3.05, 3.63) is 23.3 Å². The molecule has 0 fully saturated rings. The number of Topliss-reactive ketones (excluding diaryl/α,β-unsaturated/α-hetero) is 1. The summed E-state index contributed by atoms with van der Waals surface area (Å²) in [5.74, 6) is 1.51. The van der Waals surface area contributed by atoms with Crippen LogP contribution in [0.5, 0.6) is 11.5 Å². The molecular weight excluding hydrogens is 272 g/mol. The fourth-order valence-electron chi connectivity index (χ4n) is 1.97. The lowest BCUT2D eigenvalue weighted by Gasteiger charge is -2.22. The normalized spacial score (nSPS) is 19.2. The highest BCUT2D eigenvalue weighted by Crippen LogP contribution is 2.35. The van der Waals surface area contributed by atoms with Crippen molar-refractivity contribution in [1.82, 2.24) is 0 Å². The number of alkyl halides is 1. The van der Waals surface area contributed by atoms with Crippen molar-refractivity contribution in [2.45, 2.75) is 17.7 Å². The summed E-state index contributed by atoms with van der Waals surface area (Å²) in [4.78, 5) is 11.9. The smallest absolute Gasteiger partial charge is 0.177 e. The number of benzene rings is 1. The standard InChI is InChI=1S/C12H13BrO3/c1-15-7-5-9-8(11(6-7)16-2)3-4-10(13)12(9)14/h5-6,10H,3-4H2,1-2H3. The van der Waals surface area contributed by atoms with E-state index >= 15 is 0 Å². The third-order valence-electron chi connectivity index (χ3n) is 2.84. The summed E-state index contributed by atoms with van der Waals surface area (Å²) in [6, 6.07) is 3.61. The van der Waals surface area contributed by atoms with E-state index < -0.39 is 0 Å². The zero-order valence-electron chi connectivity index (χ0n) is 9.25. The number of carbonyl (C=O) groups is 1. The first-order valence-corrected chi connectivity index (χ1v) is 6.02. The van der Waals surface area contributed by atoms with Crippen LogP contribution in [0.1, 0.15) is 22.3 Å². The molecule has 0 N–H and O–H groups in total. The van der Waals surface area contributed by atoms with Gasteiger partial charge in [-0.05, 0) is 18.9 Å². The van der Waals surface area contributed by atoms with Crippen LogP contribution in [0.4, 0.5) is 0 Å². The van der Waals surface area contributed by atoms with E-state index in [0.29, 0.717) is 11.3 Å². The molecule has 86 valence electrons. The van der Waals surface area contributed by atoms with Gasteiger partial charge in [-0.15, -0.1) is 0 Å².